The number of aromatic nitrogens is 2. The lowest BCUT2D eigenvalue weighted by molar-refractivity contribution is -0.120. The van der Waals surface area contributed by atoms with Gasteiger partial charge in [0.15, 0.2) is 0 Å². The number of hydrogen-bond donors (Lipinski definition) is 1. The summed E-state index contributed by atoms with van der Waals surface area (Å²) in [5, 5.41) is 5.57. The molecule has 0 aromatic carbocycles. The largest absolute Gasteiger partial charge is 0.485 e. The van der Waals surface area contributed by atoms with E-state index in [1.54, 1.807) is 13.3 Å². The summed E-state index contributed by atoms with van der Waals surface area (Å²) >= 11 is 1.49. The van der Waals surface area contributed by atoms with Crippen molar-refractivity contribution in [1.29, 1.82) is 0 Å². The summed E-state index contributed by atoms with van der Waals surface area (Å²) in [7, 11) is 1.65. The molecule has 7 heteroatoms. The molecule has 0 saturated carbocycles. The Morgan fingerprint density at radius 2 is 2.26 bits per heavy atom. The van der Waals surface area contributed by atoms with Crippen molar-refractivity contribution in [3.05, 3.63) is 40.1 Å². The molecule has 23 heavy (non-hydrogen) atoms. The Hall–Kier alpha value is -1.99. The van der Waals surface area contributed by atoms with Gasteiger partial charge in [0, 0.05) is 31.3 Å². The van der Waals surface area contributed by atoms with E-state index in [-0.39, 0.29) is 12.3 Å². The third-order valence-electron chi connectivity index (χ3n) is 3.03. The fraction of sp³-hybridized carbons (Fsp3) is 0.438. The van der Waals surface area contributed by atoms with Crippen molar-refractivity contribution in [3.63, 3.8) is 0 Å². The van der Waals surface area contributed by atoms with Gasteiger partial charge >= 0.3 is 0 Å². The number of carbonyl (C=O) groups excluding carboxylic acids is 1. The van der Waals surface area contributed by atoms with E-state index in [1.165, 1.54) is 11.3 Å². The van der Waals surface area contributed by atoms with Crippen LogP contribution < -0.4 is 10.1 Å². The zero-order valence-corrected chi connectivity index (χ0v) is 14.2. The average Bonchev–Trinajstić information content (AvgIpc) is 2.98. The lowest BCUT2D eigenvalue weighted by atomic mass is 10.3. The van der Waals surface area contributed by atoms with E-state index in [0.717, 1.165) is 22.8 Å². The van der Waals surface area contributed by atoms with Gasteiger partial charge in [0.1, 0.15) is 17.4 Å². The Morgan fingerprint density at radius 3 is 3.00 bits per heavy atom. The summed E-state index contributed by atoms with van der Waals surface area (Å²) in [4.78, 5) is 20.4. The van der Waals surface area contributed by atoms with E-state index in [2.05, 4.69) is 15.3 Å². The zero-order chi connectivity index (χ0) is 16.5. The maximum atomic E-state index is 11.8. The van der Waals surface area contributed by atoms with Crippen molar-refractivity contribution in [2.24, 2.45) is 0 Å². The number of nitrogens with one attached hydrogen (secondary N) is 1. The molecule has 1 amide bonds. The Labute approximate surface area is 139 Å². The van der Waals surface area contributed by atoms with Gasteiger partial charge in [-0.1, -0.05) is 0 Å². The second kappa shape index (κ2) is 9.22. The van der Waals surface area contributed by atoms with E-state index in [9.17, 15) is 4.79 Å². The molecule has 0 aliphatic carbocycles. The van der Waals surface area contributed by atoms with Crippen LogP contribution in [0.2, 0.25) is 0 Å². The fourth-order valence-electron chi connectivity index (χ4n) is 1.85. The minimum Gasteiger partial charge on any atom is -0.485 e. The van der Waals surface area contributed by atoms with Crippen molar-refractivity contribution in [3.8, 4) is 5.75 Å². The lowest BCUT2D eigenvalue weighted by Crippen LogP contribution is -2.26. The molecule has 2 rings (SSSR count). The Balaban J connectivity index is 1.74. The molecule has 0 unspecified atom stereocenters. The first-order valence-electron chi connectivity index (χ1n) is 7.41. The second-order valence-corrected chi connectivity index (χ2v) is 5.97. The van der Waals surface area contributed by atoms with Crippen molar-refractivity contribution in [1.82, 2.24) is 15.3 Å². The van der Waals surface area contributed by atoms with Gasteiger partial charge in [0.2, 0.25) is 5.91 Å². The molecule has 0 aliphatic heterocycles. The molecule has 0 saturated heterocycles. The van der Waals surface area contributed by atoms with Crippen LogP contribution >= 0.6 is 11.3 Å². The van der Waals surface area contributed by atoms with Gasteiger partial charge in [-0.25, -0.2) is 4.98 Å². The van der Waals surface area contributed by atoms with Crippen LogP contribution in [-0.2, 0) is 22.6 Å². The Morgan fingerprint density at radius 1 is 1.39 bits per heavy atom. The monoisotopic (exact) mass is 335 g/mol. The molecule has 0 bridgehead atoms. The molecular formula is C16H21N3O3S. The number of thiazole rings is 1. The van der Waals surface area contributed by atoms with Crippen LogP contribution in [0.15, 0.2) is 23.7 Å². The maximum absolute atomic E-state index is 11.8. The molecule has 2 aromatic heterocycles. The molecule has 0 radical (unpaired) electrons. The fourth-order valence-corrected chi connectivity index (χ4v) is 2.56. The lowest BCUT2D eigenvalue weighted by Gasteiger charge is -2.04. The van der Waals surface area contributed by atoms with Gasteiger partial charge in [-0.15, -0.1) is 11.3 Å². The van der Waals surface area contributed by atoms with E-state index < -0.39 is 0 Å². The minimum absolute atomic E-state index is 0.0263. The predicted molar refractivity (Wildman–Crippen MR) is 88.6 cm³/mol. The highest BCUT2D eigenvalue weighted by Crippen LogP contribution is 2.15. The number of rotatable bonds is 9. The van der Waals surface area contributed by atoms with E-state index in [0.29, 0.717) is 25.5 Å². The SMILES string of the molecule is COCCCNC(=O)Cc1csc(COc2ccc(C)nc2)n1. The molecule has 2 aromatic rings. The number of ether oxygens (including phenoxy) is 2. The first-order valence-corrected chi connectivity index (χ1v) is 8.29. The first-order chi connectivity index (χ1) is 11.2. The molecule has 6 nitrogen and oxygen atoms in total. The third-order valence-corrected chi connectivity index (χ3v) is 3.91. The van der Waals surface area contributed by atoms with Crippen LogP contribution in [0.3, 0.4) is 0 Å². The number of hydrogen-bond acceptors (Lipinski definition) is 6. The van der Waals surface area contributed by atoms with Crippen LogP contribution in [0.4, 0.5) is 0 Å². The summed E-state index contributed by atoms with van der Waals surface area (Å²) in [5.41, 5.74) is 1.71. The zero-order valence-electron chi connectivity index (χ0n) is 13.4. The van der Waals surface area contributed by atoms with Crippen molar-refractivity contribution < 1.29 is 14.3 Å². The molecular weight excluding hydrogens is 314 g/mol. The van der Waals surface area contributed by atoms with Gasteiger partial charge in [-0.05, 0) is 25.5 Å². The molecule has 1 N–H and O–H groups in total. The highest BCUT2D eigenvalue weighted by atomic mass is 32.1. The smallest absolute Gasteiger partial charge is 0.226 e. The third kappa shape index (κ3) is 6.33. The van der Waals surface area contributed by atoms with Crippen LogP contribution in [0.25, 0.3) is 0 Å². The topological polar surface area (TPSA) is 73.3 Å². The number of aryl methyl sites for hydroxylation is 1. The van der Waals surface area contributed by atoms with Crippen molar-refractivity contribution in [2.75, 3.05) is 20.3 Å². The van der Waals surface area contributed by atoms with Crippen molar-refractivity contribution in [2.45, 2.75) is 26.4 Å². The summed E-state index contributed by atoms with van der Waals surface area (Å²) in [6.07, 6.45) is 2.79. The highest BCUT2D eigenvalue weighted by molar-refractivity contribution is 7.09. The van der Waals surface area contributed by atoms with Gasteiger partial charge in [0.05, 0.1) is 18.3 Å². The van der Waals surface area contributed by atoms with Gasteiger partial charge in [-0.2, -0.15) is 0 Å². The molecule has 2 heterocycles. The molecule has 0 aliphatic rings. The predicted octanol–water partition coefficient (Wildman–Crippen LogP) is 2.12. The summed E-state index contributed by atoms with van der Waals surface area (Å²) in [5.74, 6) is 0.685. The van der Waals surface area contributed by atoms with Gasteiger partial charge in [-0.3, -0.25) is 9.78 Å². The normalized spacial score (nSPS) is 10.5. The van der Waals surface area contributed by atoms with E-state index in [1.807, 2.05) is 24.4 Å². The number of carbonyl (C=O) groups is 1. The second-order valence-electron chi connectivity index (χ2n) is 5.03. The number of nitrogens with zero attached hydrogens (tertiary/aromatic N) is 2. The maximum Gasteiger partial charge on any atom is 0.226 e. The first kappa shape index (κ1) is 17.4. The van der Waals surface area contributed by atoms with Crippen LogP contribution in [0.1, 0.15) is 22.8 Å². The molecule has 0 atom stereocenters. The van der Waals surface area contributed by atoms with E-state index in [4.69, 9.17) is 9.47 Å². The standard InChI is InChI=1S/C16H21N3O3S/c1-12-4-5-14(9-18-12)22-10-16-19-13(11-23-16)8-15(20)17-6-3-7-21-2/h4-5,9,11H,3,6-8,10H2,1-2H3,(H,17,20). The summed E-state index contributed by atoms with van der Waals surface area (Å²) < 4.78 is 10.6. The van der Waals surface area contributed by atoms with Crippen LogP contribution in [0.5, 0.6) is 5.75 Å². The Kier molecular flexibility index (Phi) is 6.96. The summed E-state index contributed by atoms with van der Waals surface area (Å²) in [6, 6.07) is 3.78. The van der Waals surface area contributed by atoms with Crippen LogP contribution in [-0.4, -0.2) is 36.1 Å². The molecule has 124 valence electrons. The number of amides is 1. The van der Waals surface area contributed by atoms with Crippen molar-refractivity contribution >= 4 is 17.2 Å². The average molecular weight is 335 g/mol. The van der Waals surface area contributed by atoms with E-state index >= 15 is 0 Å². The van der Waals surface area contributed by atoms with Gasteiger partial charge < -0.3 is 14.8 Å². The number of methoxy groups -OCH3 is 1. The minimum atomic E-state index is -0.0263. The highest BCUT2D eigenvalue weighted by Gasteiger charge is 2.08. The summed E-state index contributed by atoms with van der Waals surface area (Å²) in [6.45, 7) is 3.57. The number of pyridine rings is 1. The van der Waals surface area contributed by atoms with Gasteiger partial charge in [0.25, 0.3) is 0 Å². The molecule has 0 fully saturated rings. The van der Waals surface area contributed by atoms with Crippen LogP contribution in [0, 0.1) is 6.92 Å². The quantitative estimate of drug-likeness (QED) is 0.711. The Bertz CT molecular complexity index is 613. The molecule has 0 spiro atoms.